The van der Waals surface area contributed by atoms with Crippen LogP contribution in [0.1, 0.15) is 6.92 Å². The maximum atomic E-state index is 11.1. The Labute approximate surface area is 109 Å². The van der Waals surface area contributed by atoms with Crippen molar-refractivity contribution in [2.45, 2.75) is 6.92 Å². The Morgan fingerprint density at radius 3 is 2.21 bits per heavy atom. The molecule has 0 aliphatic carbocycles. The molecule has 19 heavy (non-hydrogen) atoms. The summed E-state index contributed by atoms with van der Waals surface area (Å²) >= 11 is 0. The lowest BCUT2D eigenvalue weighted by atomic mass is 10.2. The van der Waals surface area contributed by atoms with Gasteiger partial charge in [-0.2, -0.15) is 0 Å². The van der Waals surface area contributed by atoms with Gasteiger partial charge in [-0.3, -0.25) is 0 Å². The van der Waals surface area contributed by atoms with Crippen molar-refractivity contribution >= 4 is 23.4 Å². The van der Waals surface area contributed by atoms with Crippen molar-refractivity contribution in [2.24, 2.45) is 23.2 Å². The lowest BCUT2D eigenvalue weighted by molar-refractivity contribution is 0.253. The summed E-state index contributed by atoms with van der Waals surface area (Å²) in [7, 11) is 0. The molecule has 1 aromatic carbocycles. The summed E-state index contributed by atoms with van der Waals surface area (Å²) in [4.78, 5) is 22.1. The predicted octanol–water partition coefficient (Wildman–Crippen LogP) is -0.397. The first-order valence-electron chi connectivity index (χ1n) is 5.33. The van der Waals surface area contributed by atoms with Gasteiger partial charge in [0.15, 0.2) is 0 Å². The molecular weight excluding hydrogens is 252 g/mol. The summed E-state index contributed by atoms with van der Waals surface area (Å²) in [5.41, 5.74) is 10.5. The second-order valence-corrected chi connectivity index (χ2v) is 3.50. The van der Waals surface area contributed by atoms with Crippen LogP contribution in [0.2, 0.25) is 0 Å². The minimum atomic E-state index is -0.888. The molecule has 9 heteroatoms. The highest BCUT2D eigenvalue weighted by atomic mass is 16.5. The fourth-order valence-electron chi connectivity index (χ4n) is 1.37. The molecule has 0 saturated heterocycles. The molecule has 0 aromatic heterocycles. The maximum Gasteiger partial charge on any atom is 0.333 e. The second-order valence-electron chi connectivity index (χ2n) is 3.50. The molecule has 4 amide bonds. The summed E-state index contributed by atoms with van der Waals surface area (Å²) in [6, 6.07) is 2.60. The topological polar surface area (TPSA) is 154 Å². The molecular formula is C10H16N6O3. The summed E-state index contributed by atoms with van der Waals surface area (Å²) < 4.78 is 5.30. The second kappa shape index (κ2) is 5.89. The number of ether oxygens (including phenoxy) is 1. The van der Waals surface area contributed by atoms with Crippen molar-refractivity contribution in [3.63, 3.8) is 0 Å². The molecule has 1 aromatic rings. The fourth-order valence-corrected chi connectivity index (χ4v) is 1.37. The Morgan fingerprint density at radius 1 is 1.16 bits per heavy atom. The molecule has 8 N–H and O–H groups in total. The number of carbonyl (C=O) groups excluding carboxylic acids is 2. The summed E-state index contributed by atoms with van der Waals surface area (Å²) in [5.74, 6) is 11.3. The zero-order valence-corrected chi connectivity index (χ0v) is 10.4. The van der Waals surface area contributed by atoms with E-state index >= 15 is 0 Å². The van der Waals surface area contributed by atoms with Crippen molar-refractivity contribution in [3.05, 3.63) is 18.2 Å². The Bertz CT molecular complexity index is 492. The number of hydrazine groups is 2. The van der Waals surface area contributed by atoms with E-state index in [0.29, 0.717) is 22.4 Å². The van der Waals surface area contributed by atoms with Crippen LogP contribution in [0, 0.1) is 0 Å². The zero-order chi connectivity index (χ0) is 14.6. The predicted molar refractivity (Wildman–Crippen MR) is 70.1 cm³/mol. The lowest BCUT2D eigenvalue weighted by Gasteiger charge is -2.21. The van der Waals surface area contributed by atoms with Crippen LogP contribution < -0.4 is 37.9 Å². The average Bonchev–Trinajstić information content (AvgIpc) is 2.37. The van der Waals surface area contributed by atoms with Crippen molar-refractivity contribution in [1.29, 1.82) is 0 Å². The number of primary amides is 2. The SMILES string of the molecule is CCOc1ccc(N(N)C(N)=O)cc1N(N)C(N)=O. The maximum absolute atomic E-state index is 11.1. The highest BCUT2D eigenvalue weighted by Crippen LogP contribution is 2.31. The number of rotatable bonds is 4. The molecule has 0 aliphatic heterocycles. The Kier molecular flexibility index (Phi) is 4.51. The summed E-state index contributed by atoms with van der Waals surface area (Å²) in [6.45, 7) is 2.13. The van der Waals surface area contributed by atoms with Gasteiger partial charge in [0.1, 0.15) is 11.4 Å². The van der Waals surface area contributed by atoms with Gasteiger partial charge in [-0.15, -0.1) is 0 Å². The van der Waals surface area contributed by atoms with E-state index in [9.17, 15) is 9.59 Å². The van der Waals surface area contributed by atoms with Crippen LogP contribution in [0.3, 0.4) is 0 Å². The smallest absolute Gasteiger partial charge is 0.333 e. The van der Waals surface area contributed by atoms with Crippen molar-refractivity contribution in [2.75, 3.05) is 16.6 Å². The molecule has 0 unspecified atom stereocenters. The van der Waals surface area contributed by atoms with E-state index < -0.39 is 12.1 Å². The molecule has 9 nitrogen and oxygen atoms in total. The zero-order valence-electron chi connectivity index (χ0n) is 10.4. The molecule has 0 radical (unpaired) electrons. The van der Waals surface area contributed by atoms with Gasteiger partial charge in [-0.25, -0.2) is 31.3 Å². The van der Waals surface area contributed by atoms with Gasteiger partial charge in [-0.05, 0) is 25.1 Å². The first-order valence-corrected chi connectivity index (χ1v) is 5.33. The molecule has 104 valence electrons. The van der Waals surface area contributed by atoms with Crippen LogP contribution in [-0.2, 0) is 0 Å². The van der Waals surface area contributed by atoms with Gasteiger partial charge in [0, 0.05) is 0 Å². The van der Waals surface area contributed by atoms with Crippen molar-refractivity contribution < 1.29 is 14.3 Å². The van der Waals surface area contributed by atoms with Crippen molar-refractivity contribution in [1.82, 2.24) is 0 Å². The molecule has 0 aliphatic rings. The van der Waals surface area contributed by atoms with Gasteiger partial charge in [0.2, 0.25) is 0 Å². The minimum absolute atomic E-state index is 0.170. The van der Waals surface area contributed by atoms with Crippen molar-refractivity contribution in [3.8, 4) is 5.75 Å². The Hall–Kier alpha value is -2.52. The number of urea groups is 2. The van der Waals surface area contributed by atoms with E-state index in [-0.39, 0.29) is 11.4 Å². The first-order chi connectivity index (χ1) is 8.88. The van der Waals surface area contributed by atoms with Gasteiger partial charge in [0.05, 0.1) is 12.3 Å². The minimum Gasteiger partial charge on any atom is -0.492 e. The highest BCUT2D eigenvalue weighted by Gasteiger charge is 2.17. The molecule has 0 spiro atoms. The van der Waals surface area contributed by atoms with Crippen LogP contribution in [-0.4, -0.2) is 18.7 Å². The van der Waals surface area contributed by atoms with E-state index in [1.807, 2.05) is 0 Å². The number of hydrogen-bond donors (Lipinski definition) is 4. The van der Waals surface area contributed by atoms with Crippen LogP contribution in [0.5, 0.6) is 5.75 Å². The Balaban J connectivity index is 3.25. The summed E-state index contributed by atoms with van der Waals surface area (Å²) in [5, 5.41) is 1.39. The van der Waals surface area contributed by atoms with Gasteiger partial charge in [-0.1, -0.05) is 0 Å². The quantitative estimate of drug-likeness (QED) is 0.332. The van der Waals surface area contributed by atoms with Crippen LogP contribution in [0.25, 0.3) is 0 Å². The molecule has 0 atom stereocenters. The number of hydrogen-bond acceptors (Lipinski definition) is 5. The number of carbonyl (C=O) groups is 2. The fraction of sp³-hybridized carbons (Fsp3) is 0.200. The monoisotopic (exact) mass is 268 g/mol. The molecule has 0 bridgehead atoms. The normalized spacial score (nSPS) is 9.84. The third kappa shape index (κ3) is 3.24. The van der Waals surface area contributed by atoms with Crippen LogP contribution >= 0.6 is 0 Å². The van der Waals surface area contributed by atoms with Gasteiger partial charge in [0.25, 0.3) is 0 Å². The van der Waals surface area contributed by atoms with E-state index in [2.05, 4.69) is 0 Å². The number of nitrogens with two attached hydrogens (primary N) is 4. The Morgan fingerprint density at radius 2 is 1.74 bits per heavy atom. The third-order valence-corrected chi connectivity index (χ3v) is 2.25. The first kappa shape index (κ1) is 14.5. The summed E-state index contributed by atoms with van der Waals surface area (Å²) in [6.07, 6.45) is 0. The van der Waals surface area contributed by atoms with Crippen LogP contribution in [0.4, 0.5) is 21.0 Å². The standard InChI is InChI=1S/C10H16N6O3/c1-2-19-8-4-3-6(15(13)9(11)17)5-7(8)16(14)10(12)18/h3-5H,2,13-14H2,1H3,(H2,11,17)(H2,12,18). The number of benzene rings is 1. The number of nitrogens with zero attached hydrogens (tertiary/aromatic N) is 2. The molecule has 0 heterocycles. The lowest BCUT2D eigenvalue weighted by Crippen LogP contribution is -2.43. The van der Waals surface area contributed by atoms with E-state index in [1.54, 1.807) is 6.92 Å². The largest absolute Gasteiger partial charge is 0.492 e. The average molecular weight is 268 g/mol. The number of anilines is 2. The molecule has 1 rings (SSSR count). The van der Waals surface area contributed by atoms with Gasteiger partial charge < -0.3 is 16.2 Å². The highest BCUT2D eigenvalue weighted by molar-refractivity contribution is 5.94. The van der Waals surface area contributed by atoms with E-state index in [4.69, 9.17) is 27.9 Å². The van der Waals surface area contributed by atoms with Gasteiger partial charge >= 0.3 is 12.1 Å². The van der Waals surface area contributed by atoms with Crippen LogP contribution in [0.15, 0.2) is 18.2 Å². The van der Waals surface area contributed by atoms with E-state index in [0.717, 1.165) is 0 Å². The van der Waals surface area contributed by atoms with E-state index in [1.165, 1.54) is 18.2 Å². The number of amides is 4. The molecule has 0 saturated carbocycles. The molecule has 0 fully saturated rings. The third-order valence-electron chi connectivity index (χ3n) is 2.25.